The number of hydrogen-bond acceptors (Lipinski definition) is 1. The average molecular weight is 342 g/mol. The summed E-state index contributed by atoms with van der Waals surface area (Å²) < 4.78 is 0. The topological polar surface area (TPSA) is 0 Å². The molecule has 0 saturated carbocycles. The lowest BCUT2D eigenvalue weighted by molar-refractivity contribution is 0.456. The lowest BCUT2D eigenvalue weighted by Crippen LogP contribution is -2.17. The standard InChI is InChI=1S/C15H14BrClS/c16-14(15-13(17)7-8-18-15)12-6-5-10-3-1-2-4-11(10)9-12/h1-4,7-8,12,14H,5-6,9H2. The van der Waals surface area contributed by atoms with E-state index in [4.69, 9.17) is 11.6 Å². The Morgan fingerprint density at radius 1 is 1.22 bits per heavy atom. The van der Waals surface area contributed by atoms with Crippen LogP contribution in [-0.2, 0) is 12.8 Å². The fraction of sp³-hybridized carbons (Fsp3) is 0.333. The first-order valence-electron chi connectivity index (χ1n) is 6.19. The number of aryl methyl sites for hydroxylation is 1. The zero-order valence-electron chi connectivity index (χ0n) is 9.90. The summed E-state index contributed by atoms with van der Waals surface area (Å²) in [5.74, 6) is 0.649. The molecule has 1 aliphatic rings. The second kappa shape index (κ2) is 5.36. The van der Waals surface area contributed by atoms with Crippen LogP contribution in [0.4, 0.5) is 0 Å². The van der Waals surface area contributed by atoms with Crippen molar-refractivity contribution in [3.63, 3.8) is 0 Å². The van der Waals surface area contributed by atoms with Crippen LogP contribution in [0.3, 0.4) is 0 Å². The number of fused-ring (bicyclic) bond motifs is 1. The van der Waals surface area contributed by atoms with E-state index in [0.29, 0.717) is 10.7 Å². The summed E-state index contributed by atoms with van der Waals surface area (Å²) in [5, 5.41) is 2.98. The first kappa shape index (κ1) is 12.7. The molecule has 0 fully saturated rings. The van der Waals surface area contributed by atoms with Gasteiger partial charge in [-0.2, -0.15) is 0 Å². The van der Waals surface area contributed by atoms with Gasteiger partial charge in [0.1, 0.15) is 0 Å². The van der Waals surface area contributed by atoms with Gasteiger partial charge in [0.15, 0.2) is 0 Å². The maximum atomic E-state index is 6.23. The molecule has 1 heterocycles. The van der Waals surface area contributed by atoms with Crippen LogP contribution in [-0.4, -0.2) is 0 Å². The highest BCUT2D eigenvalue weighted by atomic mass is 79.9. The monoisotopic (exact) mass is 340 g/mol. The number of alkyl halides is 1. The van der Waals surface area contributed by atoms with Gasteiger partial charge in [-0.1, -0.05) is 51.8 Å². The Kier molecular flexibility index (Phi) is 3.78. The van der Waals surface area contributed by atoms with Crippen LogP contribution in [0.5, 0.6) is 0 Å². The molecule has 0 radical (unpaired) electrons. The Morgan fingerprint density at radius 2 is 2.00 bits per heavy atom. The van der Waals surface area contributed by atoms with Gasteiger partial charge < -0.3 is 0 Å². The molecule has 1 aromatic carbocycles. The molecule has 1 aliphatic carbocycles. The molecule has 0 bridgehead atoms. The Bertz CT molecular complexity index is 549. The summed E-state index contributed by atoms with van der Waals surface area (Å²) in [5.41, 5.74) is 3.02. The Labute approximate surface area is 125 Å². The Morgan fingerprint density at radius 3 is 2.72 bits per heavy atom. The molecular formula is C15H14BrClS. The molecule has 0 aliphatic heterocycles. The van der Waals surface area contributed by atoms with Crippen LogP contribution < -0.4 is 0 Å². The fourth-order valence-corrected chi connectivity index (χ4v) is 5.09. The van der Waals surface area contributed by atoms with Crippen LogP contribution in [0.25, 0.3) is 0 Å². The number of rotatable bonds is 2. The summed E-state index contributed by atoms with van der Waals surface area (Å²) in [4.78, 5) is 1.67. The Hall–Kier alpha value is -0.310. The summed E-state index contributed by atoms with van der Waals surface area (Å²) in [6.45, 7) is 0. The van der Waals surface area contributed by atoms with Gasteiger partial charge in [-0.05, 0) is 47.8 Å². The van der Waals surface area contributed by atoms with Gasteiger partial charge in [0, 0.05) is 4.88 Å². The lowest BCUT2D eigenvalue weighted by Gasteiger charge is -2.28. The predicted octanol–water partition coefficient (Wildman–Crippen LogP) is 5.64. The number of benzene rings is 1. The highest BCUT2D eigenvalue weighted by Gasteiger charge is 2.27. The highest BCUT2D eigenvalue weighted by molar-refractivity contribution is 9.09. The second-order valence-electron chi connectivity index (χ2n) is 4.81. The fourth-order valence-electron chi connectivity index (χ4n) is 2.69. The van der Waals surface area contributed by atoms with Gasteiger partial charge >= 0.3 is 0 Å². The van der Waals surface area contributed by atoms with Crippen LogP contribution in [0, 0.1) is 5.92 Å². The van der Waals surface area contributed by atoms with E-state index in [1.54, 1.807) is 11.3 Å². The van der Waals surface area contributed by atoms with Crippen molar-refractivity contribution in [3.05, 3.63) is 56.7 Å². The minimum absolute atomic E-state index is 0.387. The van der Waals surface area contributed by atoms with E-state index in [-0.39, 0.29) is 0 Å². The van der Waals surface area contributed by atoms with E-state index in [1.807, 2.05) is 6.07 Å². The Balaban J connectivity index is 1.82. The van der Waals surface area contributed by atoms with Crippen molar-refractivity contribution in [3.8, 4) is 0 Å². The van der Waals surface area contributed by atoms with Crippen molar-refractivity contribution in [1.29, 1.82) is 0 Å². The third-order valence-electron chi connectivity index (χ3n) is 3.69. The van der Waals surface area contributed by atoms with Gasteiger partial charge in [0.05, 0.1) is 9.85 Å². The second-order valence-corrected chi connectivity index (χ2v) is 7.15. The SMILES string of the molecule is Clc1ccsc1C(Br)C1CCc2ccccc2C1. The van der Waals surface area contributed by atoms with Gasteiger partial charge in [0.25, 0.3) is 0 Å². The largest absolute Gasteiger partial charge is 0.146 e. The predicted molar refractivity (Wildman–Crippen MR) is 83.0 cm³/mol. The van der Waals surface area contributed by atoms with Crippen molar-refractivity contribution in [2.75, 3.05) is 0 Å². The molecule has 3 rings (SSSR count). The number of thiophene rings is 1. The molecule has 0 amide bonds. The normalized spacial score (nSPS) is 20.4. The quantitative estimate of drug-likeness (QED) is 0.620. The maximum Gasteiger partial charge on any atom is 0.0556 e. The van der Waals surface area contributed by atoms with Crippen LogP contribution in [0.1, 0.15) is 27.3 Å². The highest BCUT2D eigenvalue weighted by Crippen LogP contribution is 2.43. The molecule has 18 heavy (non-hydrogen) atoms. The molecule has 0 N–H and O–H groups in total. The molecular weight excluding hydrogens is 328 g/mol. The molecule has 2 aromatic rings. The van der Waals surface area contributed by atoms with Crippen molar-refractivity contribution in [1.82, 2.24) is 0 Å². The molecule has 1 aromatic heterocycles. The van der Waals surface area contributed by atoms with E-state index in [0.717, 1.165) is 11.4 Å². The summed E-state index contributed by atoms with van der Waals surface area (Å²) >= 11 is 11.8. The first-order chi connectivity index (χ1) is 8.75. The van der Waals surface area contributed by atoms with Crippen molar-refractivity contribution >= 4 is 38.9 Å². The summed E-state index contributed by atoms with van der Waals surface area (Å²) in [6, 6.07) is 10.8. The van der Waals surface area contributed by atoms with E-state index in [9.17, 15) is 0 Å². The zero-order chi connectivity index (χ0) is 12.5. The van der Waals surface area contributed by atoms with Crippen molar-refractivity contribution in [2.24, 2.45) is 5.92 Å². The first-order valence-corrected chi connectivity index (χ1v) is 8.37. The molecule has 0 saturated heterocycles. The van der Waals surface area contributed by atoms with Gasteiger partial charge in [0.2, 0.25) is 0 Å². The zero-order valence-corrected chi connectivity index (χ0v) is 13.1. The molecule has 0 nitrogen and oxygen atoms in total. The summed E-state index contributed by atoms with van der Waals surface area (Å²) in [7, 11) is 0. The number of hydrogen-bond donors (Lipinski definition) is 0. The van der Waals surface area contributed by atoms with Crippen molar-refractivity contribution in [2.45, 2.75) is 24.1 Å². The molecule has 2 atom stereocenters. The van der Waals surface area contributed by atoms with Crippen molar-refractivity contribution < 1.29 is 0 Å². The molecule has 0 spiro atoms. The molecule has 94 valence electrons. The lowest BCUT2D eigenvalue weighted by atomic mass is 9.82. The molecule has 2 unspecified atom stereocenters. The number of halogens is 2. The third kappa shape index (κ3) is 2.38. The van der Waals surface area contributed by atoms with E-state index in [1.165, 1.54) is 28.8 Å². The van der Waals surface area contributed by atoms with E-state index in [2.05, 4.69) is 45.6 Å². The van der Waals surface area contributed by atoms with E-state index < -0.39 is 0 Å². The summed E-state index contributed by atoms with van der Waals surface area (Å²) in [6.07, 6.45) is 3.58. The maximum absolute atomic E-state index is 6.23. The minimum atomic E-state index is 0.387. The van der Waals surface area contributed by atoms with Gasteiger partial charge in [-0.25, -0.2) is 0 Å². The van der Waals surface area contributed by atoms with Crippen LogP contribution in [0.2, 0.25) is 5.02 Å². The minimum Gasteiger partial charge on any atom is -0.146 e. The van der Waals surface area contributed by atoms with Crippen LogP contribution >= 0.6 is 38.9 Å². The van der Waals surface area contributed by atoms with Crippen LogP contribution in [0.15, 0.2) is 35.7 Å². The molecule has 3 heteroatoms. The van der Waals surface area contributed by atoms with Gasteiger partial charge in [-0.3, -0.25) is 0 Å². The van der Waals surface area contributed by atoms with Gasteiger partial charge in [-0.15, -0.1) is 11.3 Å². The smallest absolute Gasteiger partial charge is 0.0556 e. The third-order valence-corrected chi connectivity index (χ3v) is 6.64. The van der Waals surface area contributed by atoms with E-state index >= 15 is 0 Å². The average Bonchev–Trinajstić information content (AvgIpc) is 2.83.